The third kappa shape index (κ3) is 4.56. The van der Waals surface area contributed by atoms with Gasteiger partial charge in [0.25, 0.3) is 17.7 Å². The molecular weight excluding hydrogens is 660 g/mol. The van der Waals surface area contributed by atoms with Gasteiger partial charge in [-0.2, -0.15) is 8.78 Å². The molecule has 2 aliphatic heterocycles. The second-order valence-corrected chi connectivity index (χ2v) is 17.3. The molecule has 50 heavy (non-hydrogen) atoms. The molecule has 0 radical (unpaired) electrons. The first kappa shape index (κ1) is 39.5. The Morgan fingerprint density at radius 2 is 1.16 bits per heavy atom. The molecule has 1 unspecified atom stereocenters. The number of carbonyl (C=O) groups excluding carboxylic acids is 4. The lowest BCUT2D eigenvalue weighted by atomic mass is 9.53. The first-order valence-electron chi connectivity index (χ1n) is 17.1. The largest absolute Gasteiger partial charge is 0.350 e. The Labute approximate surface area is 301 Å². The molecular formula is C40H54ClF2N3O4. The second-order valence-electron chi connectivity index (χ2n) is 16.9. The summed E-state index contributed by atoms with van der Waals surface area (Å²) < 4.78 is 33.0. The van der Waals surface area contributed by atoms with E-state index in [1.165, 1.54) is 14.1 Å². The molecule has 0 aromatic heterocycles. The summed E-state index contributed by atoms with van der Waals surface area (Å²) in [6, 6.07) is 0. The van der Waals surface area contributed by atoms with Crippen LogP contribution in [0.2, 0.25) is 5.02 Å². The number of halogens is 3. The zero-order valence-electron chi connectivity index (χ0n) is 33.1. The maximum atomic E-state index is 16.5. The Balaban J connectivity index is 1.95. The smallest absolute Gasteiger partial charge is 0.331 e. The molecule has 2 aromatic rings. The van der Waals surface area contributed by atoms with E-state index < -0.39 is 45.2 Å². The molecule has 4 amide bonds. The molecule has 4 rings (SSSR count). The zero-order chi connectivity index (χ0) is 39.0. The van der Waals surface area contributed by atoms with Crippen LogP contribution in [-0.4, -0.2) is 58.0 Å². The van der Waals surface area contributed by atoms with Crippen molar-refractivity contribution in [3.8, 4) is 0 Å². The Morgan fingerprint density at radius 1 is 0.720 bits per heavy atom. The number of alkyl halides is 2. The van der Waals surface area contributed by atoms with Gasteiger partial charge in [0.05, 0.1) is 16.5 Å². The monoisotopic (exact) mass is 713 g/mol. The fourth-order valence-electron chi connectivity index (χ4n) is 9.18. The van der Waals surface area contributed by atoms with E-state index in [0.29, 0.717) is 49.5 Å². The van der Waals surface area contributed by atoms with Gasteiger partial charge in [-0.3, -0.25) is 24.1 Å². The van der Waals surface area contributed by atoms with Gasteiger partial charge in [-0.25, -0.2) is 0 Å². The van der Waals surface area contributed by atoms with Gasteiger partial charge in [-0.05, 0) is 133 Å². The van der Waals surface area contributed by atoms with Gasteiger partial charge in [0.1, 0.15) is 5.54 Å². The van der Waals surface area contributed by atoms with Gasteiger partial charge in [-0.15, -0.1) is 0 Å². The van der Waals surface area contributed by atoms with Crippen LogP contribution in [0.15, 0.2) is 0 Å². The quantitative estimate of drug-likeness (QED) is 0.291. The van der Waals surface area contributed by atoms with Crippen molar-refractivity contribution >= 4 is 35.2 Å². The molecule has 274 valence electrons. The molecule has 10 heteroatoms. The van der Waals surface area contributed by atoms with Crippen LogP contribution in [0.25, 0.3) is 0 Å². The predicted octanol–water partition coefficient (Wildman–Crippen LogP) is 8.49. The molecule has 0 saturated carbocycles. The van der Waals surface area contributed by atoms with E-state index in [9.17, 15) is 19.2 Å². The number of likely N-dealkylation sites (N-methyl/N-ethyl adjacent to an activating group) is 2. The van der Waals surface area contributed by atoms with Gasteiger partial charge in [-0.1, -0.05) is 39.3 Å². The summed E-state index contributed by atoms with van der Waals surface area (Å²) in [6.07, 6.45) is 0. The number of rotatable bonds is 5. The van der Waals surface area contributed by atoms with Crippen LogP contribution >= 0.6 is 11.6 Å². The minimum atomic E-state index is -3.86. The number of hydrogen-bond donors (Lipinski definition) is 0. The van der Waals surface area contributed by atoms with Gasteiger partial charge >= 0.3 is 5.92 Å². The lowest BCUT2D eigenvalue weighted by Gasteiger charge is -2.62. The van der Waals surface area contributed by atoms with Crippen LogP contribution in [0.5, 0.6) is 0 Å². The van der Waals surface area contributed by atoms with Crippen LogP contribution in [0.3, 0.4) is 0 Å². The van der Waals surface area contributed by atoms with Crippen molar-refractivity contribution in [1.29, 1.82) is 0 Å². The zero-order valence-corrected chi connectivity index (χ0v) is 33.9. The van der Waals surface area contributed by atoms with E-state index in [2.05, 4.69) is 0 Å². The molecule has 0 N–H and O–H groups in total. The van der Waals surface area contributed by atoms with Crippen molar-refractivity contribution in [3.63, 3.8) is 0 Å². The number of piperidine rings is 1. The van der Waals surface area contributed by atoms with Crippen LogP contribution in [0, 0.1) is 59.3 Å². The van der Waals surface area contributed by atoms with Crippen molar-refractivity contribution in [2.45, 2.75) is 133 Å². The van der Waals surface area contributed by atoms with Crippen molar-refractivity contribution in [3.05, 3.63) is 66.2 Å². The minimum Gasteiger partial charge on any atom is -0.331 e. The lowest BCUT2D eigenvalue weighted by Crippen LogP contribution is -2.77. The van der Waals surface area contributed by atoms with E-state index in [4.69, 9.17) is 11.6 Å². The van der Waals surface area contributed by atoms with Gasteiger partial charge < -0.3 is 9.80 Å². The number of likely N-dealkylation sites (tertiary alicyclic amines) is 1. The SMILES string of the molecule is Cc1c(C)c(C(F)(F)C(=O)N(C)C(C)(C)c2c(C)c(C)c3c(c2C)C(C)(C)N(C2(C)C(=O)N(C)C(=O)C(C)(C)C2(C)C)C3=O)c(C)c(C)c1Cl. The average Bonchev–Trinajstić information content (AvgIpc) is 3.23. The van der Waals surface area contributed by atoms with Crippen LogP contribution in [-0.2, 0) is 31.4 Å². The summed E-state index contributed by atoms with van der Waals surface area (Å²) >= 11 is 6.45. The van der Waals surface area contributed by atoms with Crippen molar-refractivity contribution < 1.29 is 28.0 Å². The maximum absolute atomic E-state index is 16.5. The summed E-state index contributed by atoms with van der Waals surface area (Å²) in [5.41, 5.74) is -0.805. The summed E-state index contributed by atoms with van der Waals surface area (Å²) in [6.45, 7) is 28.3. The summed E-state index contributed by atoms with van der Waals surface area (Å²) in [7, 11) is 2.85. The normalized spacial score (nSPS) is 21.6. The number of hydrogen-bond acceptors (Lipinski definition) is 4. The molecule has 7 nitrogen and oxygen atoms in total. The highest BCUT2D eigenvalue weighted by Crippen LogP contribution is 2.59. The number of carbonyl (C=O) groups is 4. The molecule has 1 fully saturated rings. The molecule has 2 aromatic carbocycles. The van der Waals surface area contributed by atoms with Crippen LogP contribution in [0.1, 0.15) is 128 Å². The number of amides is 4. The van der Waals surface area contributed by atoms with Crippen molar-refractivity contribution in [1.82, 2.24) is 14.7 Å². The highest BCUT2D eigenvalue weighted by atomic mass is 35.5. The molecule has 0 spiro atoms. The molecule has 1 saturated heterocycles. The van der Waals surface area contributed by atoms with Crippen LogP contribution in [0.4, 0.5) is 8.78 Å². The Kier molecular flexibility index (Phi) is 8.94. The summed E-state index contributed by atoms with van der Waals surface area (Å²) in [4.78, 5) is 60.4. The van der Waals surface area contributed by atoms with Gasteiger partial charge in [0.2, 0.25) is 5.91 Å². The molecule has 0 aliphatic carbocycles. The van der Waals surface area contributed by atoms with E-state index in [1.54, 1.807) is 67.2 Å². The van der Waals surface area contributed by atoms with Crippen molar-refractivity contribution in [2.75, 3.05) is 14.1 Å². The number of imide groups is 1. The summed E-state index contributed by atoms with van der Waals surface area (Å²) in [5, 5.41) is 0.403. The average molecular weight is 714 g/mol. The van der Waals surface area contributed by atoms with Crippen molar-refractivity contribution in [2.24, 2.45) is 10.8 Å². The highest BCUT2D eigenvalue weighted by Gasteiger charge is 2.70. The second kappa shape index (κ2) is 11.3. The molecule has 1 atom stereocenters. The minimum absolute atomic E-state index is 0.271. The fourth-order valence-corrected chi connectivity index (χ4v) is 9.46. The summed E-state index contributed by atoms with van der Waals surface area (Å²) in [5.74, 6) is -6.35. The van der Waals surface area contributed by atoms with Gasteiger partial charge in [0.15, 0.2) is 0 Å². The first-order valence-corrected chi connectivity index (χ1v) is 17.5. The van der Waals surface area contributed by atoms with E-state index >= 15 is 8.78 Å². The number of benzene rings is 2. The lowest BCUT2D eigenvalue weighted by molar-refractivity contribution is -0.189. The maximum Gasteiger partial charge on any atom is 0.350 e. The Hall–Kier alpha value is -3.33. The topological polar surface area (TPSA) is 78.0 Å². The number of nitrogens with zero attached hydrogens (tertiary/aromatic N) is 3. The molecule has 0 bridgehead atoms. The fraction of sp³-hybridized carbons (Fsp3) is 0.600. The van der Waals surface area contributed by atoms with E-state index in [0.717, 1.165) is 9.80 Å². The van der Waals surface area contributed by atoms with E-state index in [1.807, 2.05) is 48.5 Å². The first-order chi connectivity index (χ1) is 22.3. The molecule has 2 aliphatic rings. The molecule has 2 heterocycles. The standard InChI is InChI=1S/C40H54ClF2N3O4/c1-19-20(2)27(36(10,11)45(18)34(50)40(42,43)28-21(3)23(5)30(41)24(6)22(28)4)25(7)29-26(19)31(47)46(37(29,12)13)39(16)33(49)44(17)32(48)35(8,9)38(39,14)15/h1-18H3. The highest BCUT2D eigenvalue weighted by molar-refractivity contribution is 6.32. The van der Waals surface area contributed by atoms with E-state index in [-0.39, 0.29) is 28.5 Å². The third-order valence-electron chi connectivity index (χ3n) is 13.6. The third-order valence-corrected chi connectivity index (χ3v) is 14.1. The Morgan fingerprint density at radius 3 is 1.62 bits per heavy atom. The van der Waals surface area contributed by atoms with Gasteiger partial charge in [0, 0.05) is 35.7 Å². The predicted molar refractivity (Wildman–Crippen MR) is 194 cm³/mol. The number of fused-ring (bicyclic) bond motifs is 1. The van der Waals surface area contributed by atoms with Crippen LogP contribution < -0.4 is 0 Å². The Bertz CT molecular complexity index is 1880.